The fraction of sp³-hybridized carbons (Fsp3) is 0.217. The molecule has 10 heteroatoms. The second-order valence-electron chi connectivity index (χ2n) is 7.21. The van der Waals surface area contributed by atoms with Crippen molar-refractivity contribution >= 4 is 23.4 Å². The number of ether oxygens (including phenoxy) is 1. The number of halogens is 1. The topological polar surface area (TPSA) is 95.1 Å². The Balaban J connectivity index is 1.32. The van der Waals surface area contributed by atoms with Gasteiger partial charge in [0, 0.05) is 42.7 Å². The number of nitrogens with zero attached hydrogens (tertiary/aromatic N) is 4. The molecule has 2 aromatic carbocycles. The maximum Gasteiger partial charge on any atom is 0.226 e. The van der Waals surface area contributed by atoms with Crippen molar-refractivity contribution in [1.82, 2.24) is 19.7 Å². The Bertz CT molecular complexity index is 1240. The minimum Gasteiger partial charge on any atom is -0.497 e. The number of carbonyl (C=O) groups is 1. The summed E-state index contributed by atoms with van der Waals surface area (Å²) in [5, 5.41) is 7.52. The van der Waals surface area contributed by atoms with Gasteiger partial charge in [0.15, 0.2) is 5.16 Å². The van der Waals surface area contributed by atoms with E-state index < -0.39 is 5.82 Å². The van der Waals surface area contributed by atoms with E-state index in [0.717, 1.165) is 16.5 Å². The number of methoxy groups -OCH3 is 1. The third-order valence-electron chi connectivity index (χ3n) is 4.80. The average Bonchev–Trinajstić information content (AvgIpc) is 3.45. The van der Waals surface area contributed by atoms with E-state index in [1.807, 2.05) is 42.1 Å². The maximum absolute atomic E-state index is 13.8. The third kappa shape index (κ3) is 5.78. The summed E-state index contributed by atoms with van der Waals surface area (Å²) < 4.78 is 26.1. The molecule has 33 heavy (non-hydrogen) atoms. The summed E-state index contributed by atoms with van der Waals surface area (Å²) in [7, 11) is 3.47. The van der Waals surface area contributed by atoms with Gasteiger partial charge in [-0.15, -0.1) is 0 Å². The van der Waals surface area contributed by atoms with Crippen LogP contribution in [0.2, 0.25) is 0 Å². The zero-order chi connectivity index (χ0) is 23.2. The van der Waals surface area contributed by atoms with Crippen molar-refractivity contribution in [3.63, 3.8) is 0 Å². The van der Waals surface area contributed by atoms with Gasteiger partial charge in [-0.2, -0.15) is 4.98 Å². The van der Waals surface area contributed by atoms with Crippen molar-refractivity contribution in [3.8, 4) is 17.1 Å². The molecule has 170 valence electrons. The van der Waals surface area contributed by atoms with Crippen molar-refractivity contribution in [2.45, 2.75) is 29.3 Å². The quantitative estimate of drug-likeness (QED) is 0.380. The summed E-state index contributed by atoms with van der Waals surface area (Å²) in [5.41, 5.74) is 1.22. The van der Waals surface area contributed by atoms with E-state index >= 15 is 0 Å². The molecule has 0 fully saturated rings. The number of amides is 1. The first-order valence-corrected chi connectivity index (χ1v) is 11.0. The van der Waals surface area contributed by atoms with E-state index in [-0.39, 0.29) is 12.3 Å². The normalized spacial score (nSPS) is 10.9. The van der Waals surface area contributed by atoms with E-state index in [1.54, 1.807) is 19.4 Å². The van der Waals surface area contributed by atoms with Crippen molar-refractivity contribution in [2.24, 2.45) is 7.05 Å². The zero-order valence-corrected chi connectivity index (χ0v) is 18.9. The first kappa shape index (κ1) is 22.5. The molecule has 0 aliphatic heterocycles. The van der Waals surface area contributed by atoms with E-state index in [4.69, 9.17) is 9.26 Å². The molecule has 2 aromatic heterocycles. The number of hydrogen-bond donors (Lipinski definition) is 1. The number of nitrogens with one attached hydrogen (secondary N) is 1. The molecule has 0 saturated heterocycles. The molecule has 4 aromatic rings. The highest BCUT2D eigenvalue weighted by molar-refractivity contribution is 7.99. The molecule has 0 bridgehead atoms. The number of aryl methyl sites for hydroxylation is 2. The predicted molar refractivity (Wildman–Crippen MR) is 122 cm³/mol. The number of aromatic nitrogens is 4. The molecule has 4 rings (SSSR count). The molecule has 2 heterocycles. The van der Waals surface area contributed by atoms with Crippen LogP contribution in [-0.4, -0.2) is 32.7 Å². The monoisotopic (exact) mass is 467 g/mol. The first-order valence-electron chi connectivity index (χ1n) is 10.2. The minimum absolute atomic E-state index is 0.225. The molecule has 0 aliphatic carbocycles. The second-order valence-corrected chi connectivity index (χ2v) is 8.21. The smallest absolute Gasteiger partial charge is 0.226 e. The number of rotatable bonds is 9. The van der Waals surface area contributed by atoms with Gasteiger partial charge in [-0.1, -0.05) is 5.16 Å². The summed E-state index contributed by atoms with van der Waals surface area (Å²) in [6.07, 6.45) is 4.69. The van der Waals surface area contributed by atoms with Crippen molar-refractivity contribution in [1.29, 1.82) is 0 Å². The van der Waals surface area contributed by atoms with Crippen molar-refractivity contribution in [2.75, 3.05) is 12.4 Å². The predicted octanol–water partition coefficient (Wildman–Crippen LogP) is 4.73. The average molecular weight is 468 g/mol. The van der Waals surface area contributed by atoms with Gasteiger partial charge < -0.3 is 19.1 Å². The molecule has 0 saturated carbocycles. The molecule has 0 unspecified atom stereocenters. The SMILES string of the molecule is COc1ccc(-c2noc(CCCC(=O)Nc3cc(F)ccc3Sc3nccn3C)n2)cc1. The highest BCUT2D eigenvalue weighted by Crippen LogP contribution is 2.33. The molecule has 0 spiro atoms. The number of benzene rings is 2. The second kappa shape index (κ2) is 10.3. The minimum atomic E-state index is -0.425. The van der Waals surface area contributed by atoms with Gasteiger partial charge in [-0.3, -0.25) is 4.79 Å². The number of imidazole rings is 1. The summed E-state index contributed by atoms with van der Waals surface area (Å²) >= 11 is 1.35. The Hall–Kier alpha value is -3.66. The largest absolute Gasteiger partial charge is 0.497 e. The van der Waals surface area contributed by atoms with Gasteiger partial charge in [-0.25, -0.2) is 9.37 Å². The summed E-state index contributed by atoms with van der Waals surface area (Å²) in [5.74, 6) is 1.02. The standard InChI is InChI=1S/C23H22FN5O3S/c1-29-13-12-25-23(29)33-19-11-8-16(24)14-18(19)26-20(30)4-3-5-21-27-22(28-32-21)15-6-9-17(31-2)10-7-15/h6-14H,3-5H2,1-2H3,(H,26,30). The maximum atomic E-state index is 13.8. The summed E-state index contributed by atoms with van der Waals surface area (Å²) in [6.45, 7) is 0. The van der Waals surface area contributed by atoms with Gasteiger partial charge >= 0.3 is 0 Å². The lowest BCUT2D eigenvalue weighted by Gasteiger charge is -2.11. The van der Waals surface area contributed by atoms with E-state index in [2.05, 4.69) is 20.4 Å². The number of carbonyl (C=O) groups excluding carboxylic acids is 1. The summed E-state index contributed by atoms with van der Waals surface area (Å²) in [6, 6.07) is 11.6. The highest BCUT2D eigenvalue weighted by atomic mass is 32.2. The van der Waals surface area contributed by atoms with Gasteiger partial charge in [0.25, 0.3) is 0 Å². The molecule has 8 nitrogen and oxygen atoms in total. The van der Waals surface area contributed by atoms with Crippen LogP contribution in [0.4, 0.5) is 10.1 Å². The van der Waals surface area contributed by atoms with Crippen LogP contribution < -0.4 is 10.1 Å². The van der Waals surface area contributed by atoms with Crippen molar-refractivity contribution < 1.29 is 18.4 Å². The fourth-order valence-corrected chi connectivity index (χ4v) is 3.94. The lowest BCUT2D eigenvalue weighted by atomic mass is 10.2. The van der Waals surface area contributed by atoms with Crippen LogP contribution in [0.15, 0.2) is 69.4 Å². The van der Waals surface area contributed by atoms with Crippen LogP contribution in [0.25, 0.3) is 11.4 Å². The Morgan fingerprint density at radius 3 is 2.79 bits per heavy atom. The summed E-state index contributed by atoms with van der Waals surface area (Å²) in [4.78, 5) is 21.8. The molecule has 0 aliphatic rings. The van der Waals surface area contributed by atoms with Crippen LogP contribution in [0.5, 0.6) is 5.75 Å². The Labute approximate surface area is 194 Å². The molecular formula is C23H22FN5O3S. The fourth-order valence-electron chi connectivity index (χ4n) is 3.06. The lowest BCUT2D eigenvalue weighted by molar-refractivity contribution is -0.116. The van der Waals surface area contributed by atoms with Gasteiger partial charge in [-0.05, 0) is 60.6 Å². The Morgan fingerprint density at radius 1 is 1.24 bits per heavy atom. The van der Waals surface area contributed by atoms with Gasteiger partial charge in [0.1, 0.15) is 11.6 Å². The van der Waals surface area contributed by atoms with Crippen LogP contribution in [0.1, 0.15) is 18.7 Å². The Kier molecular flexibility index (Phi) is 7.04. The van der Waals surface area contributed by atoms with Crippen LogP contribution in [0.3, 0.4) is 0 Å². The molecule has 1 N–H and O–H groups in total. The van der Waals surface area contributed by atoms with Crippen LogP contribution in [-0.2, 0) is 18.3 Å². The number of anilines is 1. The third-order valence-corrected chi connectivity index (χ3v) is 5.96. The van der Waals surface area contributed by atoms with Crippen LogP contribution in [0, 0.1) is 5.82 Å². The van der Waals surface area contributed by atoms with E-state index in [9.17, 15) is 9.18 Å². The van der Waals surface area contributed by atoms with Crippen LogP contribution >= 0.6 is 11.8 Å². The number of hydrogen-bond acceptors (Lipinski definition) is 7. The molecule has 0 radical (unpaired) electrons. The van der Waals surface area contributed by atoms with Crippen molar-refractivity contribution in [3.05, 3.63) is 66.6 Å². The van der Waals surface area contributed by atoms with Gasteiger partial charge in [0.2, 0.25) is 17.6 Å². The molecular weight excluding hydrogens is 445 g/mol. The van der Waals surface area contributed by atoms with Gasteiger partial charge in [0.05, 0.1) is 12.8 Å². The van der Waals surface area contributed by atoms with E-state index in [1.165, 1.54) is 23.9 Å². The first-order chi connectivity index (χ1) is 16.0. The zero-order valence-electron chi connectivity index (χ0n) is 18.1. The highest BCUT2D eigenvalue weighted by Gasteiger charge is 2.13. The lowest BCUT2D eigenvalue weighted by Crippen LogP contribution is -2.12. The molecule has 1 amide bonds. The van der Waals surface area contributed by atoms with E-state index in [0.29, 0.717) is 35.1 Å². The Morgan fingerprint density at radius 2 is 2.06 bits per heavy atom. The molecule has 0 atom stereocenters.